The van der Waals surface area contributed by atoms with Crippen molar-refractivity contribution in [1.29, 1.82) is 0 Å². The van der Waals surface area contributed by atoms with Crippen LogP contribution in [0, 0.1) is 17.0 Å². The van der Waals surface area contributed by atoms with Crippen molar-refractivity contribution in [3.63, 3.8) is 0 Å². The fourth-order valence-corrected chi connectivity index (χ4v) is 4.03. The maximum absolute atomic E-state index is 12.8. The van der Waals surface area contributed by atoms with Crippen molar-refractivity contribution in [1.82, 2.24) is 9.78 Å². The number of aromatic nitrogens is 2. The summed E-state index contributed by atoms with van der Waals surface area (Å²) in [4.78, 5) is 25.2. The Bertz CT molecular complexity index is 1150. The highest BCUT2D eigenvalue weighted by atomic mass is 35.5. The zero-order valence-electron chi connectivity index (χ0n) is 17.0. The maximum Gasteiger partial charge on any atom is 0.292 e. The standard InChI is InChI=1S/C22H22ClN5O3/c1-15-3-2-4-17(13-15)25-16-9-11-26(12-10-16)20-14-24-27(22(29)21(20)23)18-5-7-19(8-6-18)28(30)31/h2-8,13-14,16,25H,9-12H2,1H3. The summed E-state index contributed by atoms with van der Waals surface area (Å²) in [5.41, 5.74) is 2.86. The molecule has 31 heavy (non-hydrogen) atoms. The van der Waals surface area contributed by atoms with Crippen LogP contribution in [-0.4, -0.2) is 33.8 Å². The molecule has 2 heterocycles. The van der Waals surface area contributed by atoms with Gasteiger partial charge >= 0.3 is 0 Å². The van der Waals surface area contributed by atoms with Crippen molar-refractivity contribution >= 4 is 28.7 Å². The van der Waals surface area contributed by atoms with Crippen LogP contribution < -0.4 is 15.8 Å². The number of anilines is 2. The SMILES string of the molecule is Cc1cccc(NC2CCN(c3cnn(-c4ccc([N+](=O)[O-])cc4)c(=O)c3Cl)CC2)c1. The molecule has 1 aliphatic heterocycles. The van der Waals surface area contributed by atoms with E-state index in [2.05, 4.69) is 40.4 Å². The second kappa shape index (κ2) is 8.77. The predicted molar refractivity (Wildman–Crippen MR) is 122 cm³/mol. The second-order valence-corrected chi connectivity index (χ2v) is 7.99. The molecular formula is C22H22ClN5O3. The maximum atomic E-state index is 12.8. The van der Waals surface area contributed by atoms with Crippen molar-refractivity contribution < 1.29 is 4.92 Å². The predicted octanol–water partition coefficient (Wildman–Crippen LogP) is 4.18. The Morgan fingerprint density at radius 1 is 1.16 bits per heavy atom. The molecule has 1 aromatic heterocycles. The molecule has 0 radical (unpaired) electrons. The molecule has 0 atom stereocenters. The van der Waals surface area contributed by atoms with Crippen LogP contribution in [0.1, 0.15) is 18.4 Å². The van der Waals surface area contributed by atoms with Gasteiger partial charge in [-0.05, 0) is 49.6 Å². The summed E-state index contributed by atoms with van der Waals surface area (Å²) in [5, 5.41) is 18.7. The van der Waals surface area contributed by atoms with Gasteiger partial charge in [-0.25, -0.2) is 0 Å². The Morgan fingerprint density at radius 3 is 2.52 bits per heavy atom. The highest BCUT2D eigenvalue weighted by molar-refractivity contribution is 6.33. The quantitative estimate of drug-likeness (QED) is 0.473. The molecule has 3 aromatic rings. The number of benzene rings is 2. The van der Waals surface area contributed by atoms with Crippen LogP contribution in [0.5, 0.6) is 0 Å². The molecule has 9 heteroatoms. The lowest BCUT2D eigenvalue weighted by molar-refractivity contribution is -0.384. The van der Waals surface area contributed by atoms with Gasteiger partial charge in [-0.2, -0.15) is 9.78 Å². The van der Waals surface area contributed by atoms with Crippen molar-refractivity contribution in [2.24, 2.45) is 0 Å². The van der Waals surface area contributed by atoms with E-state index in [1.165, 1.54) is 29.8 Å². The summed E-state index contributed by atoms with van der Waals surface area (Å²) in [7, 11) is 0. The molecule has 1 N–H and O–H groups in total. The van der Waals surface area contributed by atoms with Crippen LogP contribution in [0.4, 0.5) is 17.1 Å². The van der Waals surface area contributed by atoms with Crippen LogP contribution >= 0.6 is 11.6 Å². The summed E-state index contributed by atoms with van der Waals surface area (Å²) in [6.45, 7) is 3.58. The first-order valence-electron chi connectivity index (χ1n) is 10.0. The van der Waals surface area contributed by atoms with Gasteiger partial charge in [0, 0.05) is 37.0 Å². The monoisotopic (exact) mass is 439 g/mol. The van der Waals surface area contributed by atoms with Crippen molar-refractivity contribution in [2.45, 2.75) is 25.8 Å². The molecule has 2 aromatic carbocycles. The van der Waals surface area contributed by atoms with Crippen molar-refractivity contribution in [3.8, 4) is 5.69 Å². The van der Waals surface area contributed by atoms with Crippen molar-refractivity contribution in [2.75, 3.05) is 23.3 Å². The van der Waals surface area contributed by atoms with E-state index >= 15 is 0 Å². The molecule has 0 spiro atoms. The van der Waals surface area contributed by atoms with Crippen LogP contribution in [0.2, 0.25) is 5.02 Å². The van der Waals surface area contributed by atoms with Gasteiger partial charge in [0.05, 0.1) is 22.5 Å². The molecule has 4 rings (SSSR count). The fourth-order valence-electron chi connectivity index (χ4n) is 3.78. The highest BCUT2D eigenvalue weighted by Gasteiger charge is 2.23. The molecule has 0 aliphatic carbocycles. The van der Waals surface area contributed by atoms with E-state index in [4.69, 9.17) is 11.6 Å². The topological polar surface area (TPSA) is 93.3 Å². The summed E-state index contributed by atoms with van der Waals surface area (Å²) >= 11 is 6.41. The van der Waals surface area contributed by atoms with Crippen LogP contribution in [0.25, 0.3) is 5.69 Å². The first-order valence-corrected chi connectivity index (χ1v) is 10.4. The molecular weight excluding hydrogens is 418 g/mol. The largest absolute Gasteiger partial charge is 0.382 e. The van der Waals surface area contributed by atoms with Gasteiger partial charge in [-0.15, -0.1) is 0 Å². The zero-order chi connectivity index (χ0) is 22.0. The molecule has 0 amide bonds. The third-order valence-electron chi connectivity index (χ3n) is 5.43. The first kappa shape index (κ1) is 20.9. The molecule has 1 fully saturated rings. The third-order valence-corrected chi connectivity index (χ3v) is 5.79. The zero-order valence-corrected chi connectivity index (χ0v) is 17.7. The number of aryl methyl sites for hydroxylation is 1. The summed E-state index contributed by atoms with van der Waals surface area (Å²) < 4.78 is 1.15. The number of halogens is 1. The highest BCUT2D eigenvalue weighted by Crippen LogP contribution is 2.26. The van der Waals surface area contributed by atoms with Gasteiger partial charge in [0.25, 0.3) is 11.2 Å². The first-order chi connectivity index (χ1) is 14.9. The summed E-state index contributed by atoms with van der Waals surface area (Å²) in [6, 6.07) is 14.3. The Morgan fingerprint density at radius 2 is 1.87 bits per heavy atom. The van der Waals surface area contributed by atoms with Crippen LogP contribution in [-0.2, 0) is 0 Å². The molecule has 1 saturated heterocycles. The fraction of sp³-hybridized carbons (Fsp3) is 0.273. The normalized spacial score (nSPS) is 14.5. The Balaban J connectivity index is 1.46. The molecule has 8 nitrogen and oxygen atoms in total. The van der Waals surface area contributed by atoms with Gasteiger partial charge in [-0.3, -0.25) is 14.9 Å². The Kier molecular flexibility index (Phi) is 5.90. The van der Waals surface area contributed by atoms with E-state index in [-0.39, 0.29) is 10.7 Å². The minimum Gasteiger partial charge on any atom is -0.382 e. The minimum absolute atomic E-state index is 0.0540. The van der Waals surface area contributed by atoms with E-state index < -0.39 is 10.5 Å². The molecule has 1 aliphatic rings. The van der Waals surface area contributed by atoms with E-state index in [0.717, 1.165) is 36.3 Å². The van der Waals surface area contributed by atoms with E-state index in [1.807, 2.05) is 6.07 Å². The molecule has 160 valence electrons. The summed E-state index contributed by atoms with van der Waals surface area (Å²) in [5.74, 6) is 0. The van der Waals surface area contributed by atoms with Gasteiger partial charge < -0.3 is 10.2 Å². The Hall–Kier alpha value is -3.39. The number of nitrogens with zero attached hydrogens (tertiary/aromatic N) is 4. The van der Waals surface area contributed by atoms with Gasteiger partial charge in [0.1, 0.15) is 5.02 Å². The average molecular weight is 440 g/mol. The smallest absolute Gasteiger partial charge is 0.292 e. The number of nitrogens with one attached hydrogen (secondary N) is 1. The number of rotatable bonds is 5. The number of hydrogen-bond acceptors (Lipinski definition) is 6. The van der Waals surface area contributed by atoms with Crippen LogP contribution in [0.3, 0.4) is 0 Å². The lowest BCUT2D eigenvalue weighted by Gasteiger charge is -2.34. The minimum atomic E-state index is -0.493. The lowest BCUT2D eigenvalue weighted by atomic mass is 10.0. The van der Waals surface area contributed by atoms with Crippen molar-refractivity contribution in [3.05, 3.63) is 85.8 Å². The van der Waals surface area contributed by atoms with Gasteiger partial charge in [0.15, 0.2) is 0 Å². The number of non-ortho nitro benzene ring substituents is 1. The number of piperidine rings is 1. The van der Waals surface area contributed by atoms with E-state index in [0.29, 0.717) is 17.4 Å². The third kappa shape index (κ3) is 4.54. The van der Waals surface area contributed by atoms with E-state index in [1.54, 1.807) is 6.20 Å². The number of nitro groups is 1. The second-order valence-electron chi connectivity index (χ2n) is 7.61. The summed E-state index contributed by atoms with van der Waals surface area (Å²) in [6.07, 6.45) is 3.41. The number of hydrogen-bond donors (Lipinski definition) is 1. The van der Waals surface area contributed by atoms with Gasteiger partial charge in [0.2, 0.25) is 0 Å². The lowest BCUT2D eigenvalue weighted by Crippen LogP contribution is -2.40. The molecule has 0 bridgehead atoms. The molecule has 0 saturated carbocycles. The van der Waals surface area contributed by atoms with Gasteiger partial charge in [-0.1, -0.05) is 23.7 Å². The van der Waals surface area contributed by atoms with Crippen LogP contribution in [0.15, 0.2) is 59.5 Å². The van der Waals surface area contributed by atoms with E-state index in [9.17, 15) is 14.9 Å². The Labute approximate surface area is 184 Å². The molecule has 0 unspecified atom stereocenters. The average Bonchev–Trinajstić information content (AvgIpc) is 2.76. The number of nitro benzene ring substituents is 1.